The summed E-state index contributed by atoms with van der Waals surface area (Å²) in [6.07, 6.45) is -0.386. The Bertz CT molecular complexity index is 271. The summed E-state index contributed by atoms with van der Waals surface area (Å²) in [7, 11) is 0. The first kappa shape index (κ1) is 11.4. The van der Waals surface area contributed by atoms with Crippen LogP contribution in [0.15, 0.2) is 24.3 Å². The molecule has 0 heterocycles. The summed E-state index contributed by atoms with van der Waals surface area (Å²) >= 11 is 1.76. The number of nitrogens with two attached hydrogens (primary N) is 1. The molecule has 0 aliphatic heterocycles. The van der Waals surface area contributed by atoms with E-state index in [1.54, 1.807) is 11.8 Å². The molecule has 0 aromatic heterocycles. The lowest BCUT2D eigenvalue weighted by Gasteiger charge is -2.12. The maximum atomic E-state index is 9.80. The average Bonchev–Trinajstić information content (AvgIpc) is 2.15. The molecule has 14 heavy (non-hydrogen) atoms. The van der Waals surface area contributed by atoms with Crippen molar-refractivity contribution in [3.8, 4) is 0 Å². The van der Waals surface area contributed by atoms with Gasteiger partial charge in [-0.3, -0.25) is 0 Å². The van der Waals surface area contributed by atoms with Crippen molar-refractivity contribution >= 4 is 17.4 Å². The van der Waals surface area contributed by atoms with Crippen molar-refractivity contribution in [2.45, 2.75) is 25.2 Å². The Kier molecular flexibility index (Phi) is 4.29. The first-order valence-corrected chi connectivity index (χ1v) is 5.79. The first-order valence-electron chi connectivity index (χ1n) is 4.74. The van der Waals surface area contributed by atoms with E-state index in [1.807, 2.05) is 24.3 Å². The predicted octanol–water partition coefficient (Wildman–Crippen LogP) is 2.44. The maximum absolute atomic E-state index is 9.80. The van der Waals surface area contributed by atoms with E-state index in [2.05, 4.69) is 13.8 Å². The van der Waals surface area contributed by atoms with E-state index >= 15 is 0 Å². The number of nitrogen functional groups attached to an aromatic ring is 1. The molecule has 1 unspecified atom stereocenters. The Hall–Kier alpha value is -0.670. The smallest absolute Gasteiger partial charge is 0.0880 e. The highest BCUT2D eigenvalue weighted by Gasteiger charge is 2.07. The molecule has 3 N–H and O–H groups in total. The van der Waals surface area contributed by atoms with Gasteiger partial charge in [-0.25, -0.2) is 0 Å². The van der Waals surface area contributed by atoms with Crippen LogP contribution < -0.4 is 5.73 Å². The number of thioether (sulfide) groups is 1. The molecule has 1 atom stereocenters. The molecule has 0 fully saturated rings. The minimum Gasteiger partial charge on any atom is -0.399 e. The fraction of sp³-hybridized carbons (Fsp3) is 0.455. The second kappa shape index (κ2) is 5.27. The summed E-state index contributed by atoms with van der Waals surface area (Å²) in [5.74, 6) is 0.738. The monoisotopic (exact) mass is 211 g/mol. The molecule has 0 aliphatic rings. The van der Waals surface area contributed by atoms with Crippen molar-refractivity contribution in [3.63, 3.8) is 0 Å². The second-order valence-electron chi connectivity index (χ2n) is 3.56. The SMILES string of the molecule is CC(C)SCC(O)c1ccc(N)cc1. The molecular formula is C11H17NOS. The fourth-order valence-electron chi connectivity index (χ4n) is 1.10. The topological polar surface area (TPSA) is 46.2 Å². The van der Waals surface area contributed by atoms with E-state index in [0.29, 0.717) is 5.25 Å². The highest BCUT2D eigenvalue weighted by Crippen LogP contribution is 2.21. The number of anilines is 1. The summed E-state index contributed by atoms with van der Waals surface area (Å²) in [6, 6.07) is 7.39. The van der Waals surface area contributed by atoms with Crippen LogP contribution in [0.3, 0.4) is 0 Å². The van der Waals surface area contributed by atoms with E-state index in [4.69, 9.17) is 5.73 Å². The van der Waals surface area contributed by atoms with Gasteiger partial charge in [-0.15, -0.1) is 0 Å². The molecule has 1 aromatic carbocycles. The van der Waals surface area contributed by atoms with Crippen molar-refractivity contribution in [2.75, 3.05) is 11.5 Å². The van der Waals surface area contributed by atoms with Gasteiger partial charge in [-0.1, -0.05) is 26.0 Å². The van der Waals surface area contributed by atoms with Gasteiger partial charge in [0.05, 0.1) is 6.10 Å². The Balaban J connectivity index is 2.52. The zero-order chi connectivity index (χ0) is 10.6. The van der Waals surface area contributed by atoms with Crippen molar-refractivity contribution in [2.24, 2.45) is 0 Å². The fourth-order valence-corrected chi connectivity index (χ4v) is 1.86. The molecule has 3 heteroatoms. The molecule has 0 amide bonds. The van der Waals surface area contributed by atoms with Crippen LogP contribution in [0.1, 0.15) is 25.5 Å². The molecule has 0 aliphatic carbocycles. The van der Waals surface area contributed by atoms with Gasteiger partial charge >= 0.3 is 0 Å². The molecule has 1 rings (SSSR count). The lowest BCUT2D eigenvalue weighted by Crippen LogP contribution is -2.03. The molecular weight excluding hydrogens is 194 g/mol. The van der Waals surface area contributed by atoms with Crippen molar-refractivity contribution < 1.29 is 5.11 Å². The van der Waals surface area contributed by atoms with E-state index < -0.39 is 0 Å². The Morgan fingerprint density at radius 1 is 1.29 bits per heavy atom. The van der Waals surface area contributed by atoms with Crippen LogP contribution in [0.5, 0.6) is 0 Å². The molecule has 0 spiro atoms. The van der Waals surface area contributed by atoms with Crippen LogP contribution >= 0.6 is 11.8 Å². The van der Waals surface area contributed by atoms with E-state index in [0.717, 1.165) is 17.0 Å². The number of hydrogen-bond acceptors (Lipinski definition) is 3. The normalized spacial score (nSPS) is 13.1. The van der Waals surface area contributed by atoms with Gasteiger partial charge in [-0.05, 0) is 22.9 Å². The van der Waals surface area contributed by atoms with Gasteiger partial charge in [0.15, 0.2) is 0 Å². The summed E-state index contributed by atoms with van der Waals surface area (Å²) in [5, 5.41) is 10.4. The number of benzene rings is 1. The van der Waals surface area contributed by atoms with Crippen LogP contribution in [0.25, 0.3) is 0 Å². The van der Waals surface area contributed by atoms with Crippen LogP contribution in [-0.2, 0) is 0 Å². The van der Waals surface area contributed by atoms with Gasteiger partial charge < -0.3 is 10.8 Å². The van der Waals surface area contributed by atoms with E-state index in [-0.39, 0.29) is 6.10 Å². The number of hydrogen-bond donors (Lipinski definition) is 2. The zero-order valence-electron chi connectivity index (χ0n) is 8.60. The number of aliphatic hydroxyl groups is 1. The van der Waals surface area contributed by atoms with Crippen LogP contribution in [0.4, 0.5) is 5.69 Å². The zero-order valence-corrected chi connectivity index (χ0v) is 9.42. The van der Waals surface area contributed by atoms with Gasteiger partial charge in [0, 0.05) is 11.4 Å². The maximum Gasteiger partial charge on any atom is 0.0880 e. The van der Waals surface area contributed by atoms with Crippen molar-refractivity contribution in [1.82, 2.24) is 0 Å². The summed E-state index contributed by atoms with van der Waals surface area (Å²) < 4.78 is 0. The molecule has 0 saturated heterocycles. The van der Waals surface area contributed by atoms with Gasteiger partial charge in [0.25, 0.3) is 0 Å². The Morgan fingerprint density at radius 2 is 1.86 bits per heavy atom. The highest BCUT2D eigenvalue weighted by molar-refractivity contribution is 7.99. The molecule has 0 bridgehead atoms. The van der Waals surface area contributed by atoms with Gasteiger partial charge in [0.2, 0.25) is 0 Å². The van der Waals surface area contributed by atoms with Gasteiger partial charge in [0.1, 0.15) is 0 Å². The number of aliphatic hydroxyl groups excluding tert-OH is 1. The molecule has 0 radical (unpaired) electrons. The molecule has 2 nitrogen and oxygen atoms in total. The van der Waals surface area contributed by atoms with Crippen molar-refractivity contribution in [1.29, 1.82) is 0 Å². The molecule has 78 valence electrons. The van der Waals surface area contributed by atoms with E-state index in [9.17, 15) is 5.11 Å². The summed E-state index contributed by atoms with van der Waals surface area (Å²) in [4.78, 5) is 0. The first-order chi connectivity index (χ1) is 6.59. The second-order valence-corrected chi connectivity index (χ2v) is 5.17. The quantitative estimate of drug-likeness (QED) is 0.752. The summed E-state index contributed by atoms with van der Waals surface area (Å²) in [6.45, 7) is 4.25. The Labute approximate surface area is 89.5 Å². The van der Waals surface area contributed by atoms with Crippen LogP contribution in [-0.4, -0.2) is 16.1 Å². The van der Waals surface area contributed by atoms with Crippen LogP contribution in [0.2, 0.25) is 0 Å². The summed E-state index contributed by atoms with van der Waals surface area (Å²) in [5.41, 5.74) is 7.23. The van der Waals surface area contributed by atoms with E-state index in [1.165, 1.54) is 0 Å². The third-order valence-corrected chi connectivity index (χ3v) is 3.08. The third kappa shape index (κ3) is 3.60. The number of rotatable bonds is 4. The van der Waals surface area contributed by atoms with Gasteiger partial charge in [-0.2, -0.15) is 11.8 Å². The Morgan fingerprint density at radius 3 is 2.36 bits per heavy atom. The minimum absolute atomic E-state index is 0.386. The standard InChI is InChI=1S/C11H17NOS/c1-8(2)14-7-11(13)9-3-5-10(12)6-4-9/h3-6,8,11,13H,7,12H2,1-2H3. The van der Waals surface area contributed by atoms with Crippen molar-refractivity contribution in [3.05, 3.63) is 29.8 Å². The molecule has 1 aromatic rings. The minimum atomic E-state index is -0.386. The lowest BCUT2D eigenvalue weighted by atomic mass is 10.1. The third-order valence-electron chi connectivity index (χ3n) is 1.91. The molecule has 0 saturated carbocycles. The highest BCUT2D eigenvalue weighted by atomic mass is 32.2. The average molecular weight is 211 g/mol. The van der Waals surface area contributed by atoms with Crippen LogP contribution in [0, 0.1) is 0 Å². The lowest BCUT2D eigenvalue weighted by molar-refractivity contribution is 0.204. The largest absolute Gasteiger partial charge is 0.399 e. The predicted molar refractivity (Wildman–Crippen MR) is 63.4 cm³/mol.